The second kappa shape index (κ2) is 11.1. The number of carbonyl (C=O) groups is 1. The Kier molecular flexibility index (Phi) is 8.03. The third-order valence-corrected chi connectivity index (χ3v) is 5.11. The Morgan fingerprint density at radius 2 is 1.26 bits per heavy atom. The minimum atomic E-state index is -0.353. The van der Waals surface area contributed by atoms with Crippen LogP contribution in [0.25, 0.3) is 12.2 Å². The molecule has 0 saturated heterocycles. The van der Waals surface area contributed by atoms with Gasteiger partial charge in [-0.05, 0) is 72.5 Å². The molecule has 34 heavy (non-hydrogen) atoms. The van der Waals surface area contributed by atoms with Crippen molar-refractivity contribution in [1.29, 1.82) is 0 Å². The van der Waals surface area contributed by atoms with Crippen LogP contribution in [0.15, 0.2) is 48.5 Å². The van der Waals surface area contributed by atoms with Crippen molar-refractivity contribution in [3.05, 3.63) is 70.8 Å². The summed E-state index contributed by atoms with van der Waals surface area (Å²) in [4.78, 5) is 12.6. The molecule has 0 unspecified atom stereocenters. The molecular formula is C27H30N2O5. The first-order valence-electron chi connectivity index (χ1n) is 10.7. The average molecular weight is 463 g/mol. The number of benzene rings is 3. The summed E-state index contributed by atoms with van der Waals surface area (Å²) in [5.41, 5.74) is 5.17. The SMILES string of the molecule is COc1ccc(/C=C\c2cc(OC)c(OC)c(OC)c2)cc1NC(=O)Nc1cc(C)cc(C)c1. The van der Waals surface area contributed by atoms with E-state index in [1.165, 1.54) is 0 Å². The summed E-state index contributed by atoms with van der Waals surface area (Å²) in [7, 11) is 6.29. The minimum absolute atomic E-state index is 0.353. The molecule has 7 heteroatoms. The highest BCUT2D eigenvalue weighted by Gasteiger charge is 2.12. The van der Waals surface area contributed by atoms with E-state index in [4.69, 9.17) is 18.9 Å². The zero-order chi connectivity index (χ0) is 24.7. The van der Waals surface area contributed by atoms with Gasteiger partial charge >= 0.3 is 6.03 Å². The van der Waals surface area contributed by atoms with E-state index in [1.54, 1.807) is 34.5 Å². The fraction of sp³-hybridized carbons (Fsp3) is 0.222. The highest BCUT2D eigenvalue weighted by atomic mass is 16.5. The van der Waals surface area contributed by atoms with Crippen LogP contribution >= 0.6 is 0 Å². The Morgan fingerprint density at radius 3 is 1.82 bits per heavy atom. The van der Waals surface area contributed by atoms with Crippen molar-refractivity contribution in [3.63, 3.8) is 0 Å². The Hall–Kier alpha value is -4.13. The molecule has 0 aliphatic heterocycles. The molecule has 0 spiro atoms. The second-order valence-electron chi connectivity index (χ2n) is 7.71. The molecule has 0 atom stereocenters. The maximum absolute atomic E-state index is 12.6. The van der Waals surface area contributed by atoms with E-state index in [0.717, 1.165) is 27.9 Å². The van der Waals surface area contributed by atoms with Crippen LogP contribution in [0.2, 0.25) is 0 Å². The number of amides is 2. The van der Waals surface area contributed by atoms with E-state index in [9.17, 15) is 4.79 Å². The molecule has 0 aliphatic rings. The van der Waals surface area contributed by atoms with Gasteiger partial charge in [-0.2, -0.15) is 0 Å². The maximum Gasteiger partial charge on any atom is 0.323 e. The monoisotopic (exact) mass is 462 g/mol. The number of carbonyl (C=O) groups excluding carboxylic acids is 1. The van der Waals surface area contributed by atoms with Crippen molar-refractivity contribution in [2.24, 2.45) is 0 Å². The fourth-order valence-electron chi connectivity index (χ4n) is 3.65. The van der Waals surface area contributed by atoms with Gasteiger partial charge in [-0.3, -0.25) is 0 Å². The van der Waals surface area contributed by atoms with Gasteiger partial charge in [0.25, 0.3) is 0 Å². The molecule has 3 aromatic rings. The lowest BCUT2D eigenvalue weighted by molar-refractivity contribution is 0.262. The first-order valence-corrected chi connectivity index (χ1v) is 10.7. The van der Waals surface area contributed by atoms with Crippen LogP contribution in [-0.4, -0.2) is 34.5 Å². The number of hydrogen-bond donors (Lipinski definition) is 2. The summed E-state index contributed by atoms with van der Waals surface area (Å²) in [6.45, 7) is 3.98. The summed E-state index contributed by atoms with van der Waals surface area (Å²) in [5, 5.41) is 5.75. The van der Waals surface area contributed by atoms with E-state index in [2.05, 4.69) is 16.7 Å². The number of anilines is 2. The van der Waals surface area contributed by atoms with Crippen LogP contribution in [0.4, 0.5) is 16.2 Å². The number of nitrogens with one attached hydrogen (secondary N) is 2. The standard InChI is InChI=1S/C27H30N2O5/c1-17-11-18(2)13-21(12-17)28-27(30)29-22-14-19(9-10-23(22)31-3)7-8-20-15-24(32-4)26(34-6)25(16-20)33-5/h7-16H,1-6H3,(H2,28,29,30)/b8-7-. The summed E-state index contributed by atoms with van der Waals surface area (Å²) >= 11 is 0. The van der Waals surface area contributed by atoms with Crippen molar-refractivity contribution >= 4 is 29.6 Å². The number of methoxy groups -OCH3 is 4. The molecule has 0 saturated carbocycles. The van der Waals surface area contributed by atoms with E-state index in [1.807, 2.05) is 62.4 Å². The smallest absolute Gasteiger partial charge is 0.323 e. The van der Waals surface area contributed by atoms with Gasteiger partial charge in [0.2, 0.25) is 5.75 Å². The van der Waals surface area contributed by atoms with E-state index < -0.39 is 0 Å². The Labute approximate surface area is 200 Å². The largest absolute Gasteiger partial charge is 0.495 e. The molecule has 0 heterocycles. The normalized spacial score (nSPS) is 10.6. The molecule has 0 aliphatic carbocycles. The number of aryl methyl sites for hydroxylation is 2. The highest BCUT2D eigenvalue weighted by molar-refractivity contribution is 6.01. The maximum atomic E-state index is 12.6. The van der Waals surface area contributed by atoms with E-state index in [-0.39, 0.29) is 6.03 Å². The zero-order valence-electron chi connectivity index (χ0n) is 20.3. The third-order valence-electron chi connectivity index (χ3n) is 5.11. The minimum Gasteiger partial charge on any atom is -0.495 e. The lowest BCUT2D eigenvalue weighted by Gasteiger charge is -2.13. The first kappa shape index (κ1) is 24.5. The van der Waals surface area contributed by atoms with Crippen LogP contribution in [0.1, 0.15) is 22.3 Å². The second-order valence-corrected chi connectivity index (χ2v) is 7.71. The Balaban J connectivity index is 1.82. The number of rotatable bonds is 8. The molecule has 2 N–H and O–H groups in total. The van der Waals surface area contributed by atoms with Crippen molar-refractivity contribution < 1.29 is 23.7 Å². The summed E-state index contributed by atoms with van der Waals surface area (Å²) in [6, 6.07) is 14.8. The van der Waals surface area contributed by atoms with Crippen molar-refractivity contribution in [2.45, 2.75) is 13.8 Å². The van der Waals surface area contributed by atoms with Crippen LogP contribution < -0.4 is 29.6 Å². The summed E-state index contributed by atoms with van der Waals surface area (Å²) in [5.74, 6) is 2.23. The van der Waals surface area contributed by atoms with Crippen LogP contribution in [0, 0.1) is 13.8 Å². The van der Waals surface area contributed by atoms with Crippen LogP contribution in [0.3, 0.4) is 0 Å². The number of urea groups is 1. The van der Waals surface area contributed by atoms with Gasteiger partial charge in [0, 0.05) is 5.69 Å². The number of hydrogen-bond acceptors (Lipinski definition) is 5. The topological polar surface area (TPSA) is 78.1 Å². The van der Waals surface area contributed by atoms with Crippen molar-refractivity contribution in [2.75, 3.05) is 39.1 Å². The molecule has 7 nitrogen and oxygen atoms in total. The van der Waals surface area contributed by atoms with Crippen molar-refractivity contribution in [3.8, 4) is 23.0 Å². The molecule has 178 valence electrons. The van der Waals surface area contributed by atoms with E-state index >= 15 is 0 Å². The van der Waals surface area contributed by atoms with Gasteiger partial charge < -0.3 is 29.6 Å². The molecule has 3 aromatic carbocycles. The molecule has 0 fully saturated rings. The summed E-state index contributed by atoms with van der Waals surface area (Å²) < 4.78 is 21.6. The van der Waals surface area contributed by atoms with Crippen molar-refractivity contribution in [1.82, 2.24) is 0 Å². The van der Waals surface area contributed by atoms with Gasteiger partial charge in [-0.25, -0.2) is 4.79 Å². The first-order chi connectivity index (χ1) is 16.4. The van der Waals surface area contributed by atoms with Gasteiger partial charge in [0.15, 0.2) is 11.5 Å². The summed E-state index contributed by atoms with van der Waals surface area (Å²) in [6.07, 6.45) is 3.85. The van der Waals surface area contributed by atoms with Gasteiger partial charge in [0.05, 0.1) is 34.1 Å². The molecule has 0 radical (unpaired) electrons. The number of ether oxygens (including phenoxy) is 4. The Bertz CT molecular complexity index is 1160. The quantitative estimate of drug-likeness (QED) is 0.393. The highest BCUT2D eigenvalue weighted by Crippen LogP contribution is 2.38. The van der Waals surface area contributed by atoms with Gasteiger partial charge in [0.1, 0.15) is 5.75 Å². The fourth-order valence-corrected chi connectivity index (χ4v) is 3.65. The molecule has 2 amide bonds. The molecular weight excluding hydrogens is 432 g/mol. The van der Waals surface area contributed by atoms with Crippen LogP contribution in [0.5, 0.6) is 23.0 Å². The average Bonchev–Trinajstić information content (AvgIpc) is 2.81. The third kappa shape index (κ3) is 6.01. The van der Waals surface area contributed by atoms with Crippen LogP contribution in [-0.2, 0) is 0 Å². The Morgan fingerprint density at radius 1 is 0.676 bits per heavy atom. The molecule has 0 aromatic heterocycles. The molecule has 0 bridgehead atoms. The molecule has 3 rings (SSSR count). The lowest BCUT2D eigenvalue weighted by Crippen LogP contribution is -2.20. The van der Waals surface area contributed by atoms with Gasteiger partial charge in [-0.1, -0.05) is 24.3 Å². The lowest BCUT2D eigenvalue weighted by atomic mass is 10.1. The van der Waals surface area contributed by atoms with E-state index in [0.29, 0.717) is 28.7 Å². The predicted molar refractivity (Wildman–Crippen MR) is 137 cm³/mol. The zero-order valence-corrected chi connectivity index (χ0v) is 20.3. The predicted octanol–water partition coefficient (Wildman–Crippen LogP) is 6.15. The van der Waals surface area contributed by atoms with Gasteiger partial charge in [-0.15, -0.1) is 0 Å².